The van der Waals surface area contributed by atoms with Gasteiger partial charge in [-0.25, -0.2) is 8.78 Å². The SMILES string of the molecule is CC1(C)CCC(NCc2cccc(C(F)F)c2)C1. The average Bonchev–Trinajstić information content (AvgIpc) is 2.67. The summed E-state index contributed by atoms with van der Waals surface area (Å²) in [6.07, 6.45) is 1.21. The molecule has 0 aliphatic heterocycles. The largest absolute Gasteiger partial charge is 0.310 e. The summed E-state index contributed by atoms with van der Waals surface area (Å²) in [7, 11) is 0. The highest BCUT2D eigenvalue weighted by atomic mass is 19.3. The molecule has 0 heterocycles. The molecular formula is C15H21F2N. The van der Waals surface area contributed by atoms with E-state index in [-0.39, 0.29) is 5.56 Å². The number of benzene rings is 1. The van der Waals surface area contributed by atoms with Gasteiger partial charge in [0.1, 0.15) is 0 Å². The molecular weight excluding hydrogens is 232 g/mol. The molecule has 1 saturated carbocycles. The highest BCUT2D eigenvalue weighted by molar-refractivity contribution is 5.24. The highest BCUT2D eigenvalue weighted by Gasteiger charge is 2.30. The van der Waals surface area contributed by atoms with Crippen molar-refractivity contribution in [2.45, 2.75) is 52.1 Å². The first kappa shape index (κ1) is 13.5. The van der Waals surface area contributed by atoms with Gasteiger partial charge in [-0.05, 0) is 36.3 Å². The molecule has 2 rings (SSSR count). The summed E-state index contributed by atoms with van der Waals surface area (Å²) in [5, 5.41) is 3.47. The summed E-state index contributed by atoms with van der Waals surface area (Å²) >= 11 is 0. The third-order valence-corrected chi connectivity index (χ3v) is 3.77. The van der Waals surface area contributed by atoms with Crippen LogP contribution in [0.25, 0.3) is 0 Å². The minimum absolute atomic E-state index is 0.112. The monoisotopic (exact) mass is 253 g/mol. The van der Waals surface area contributed by atoms with Crippen LogP contribution in [0.4, 0.5) is 8.78 Å². The van der Waals surface area contributed by atoms with Crippen molar-refractivity contribution in [3.8, 4) is 0 Å². The molecule has 0 radical (unpaired) electrons. The third-order valence-electron chi connectivity index (χ3n) is 3.77. The molecule has 1 aromatic rings. The zero-order chi connectivity index (χ0) is 13.2. The summed E-state index contributed by atoms with van der Waals surface area (Å²) in [6.45, 7) is 5.25. The Bertz CT molecular complexity index is 401. The second-order valence-corrected chi connectivity index (χ2v) is 6.03. The van der Waals surface area contributed by atoms with Crippen molar-refractivity contribution in [1.29, 1.82) is 0 Å². The van der Waals surface area contributed by atoms with Gasteiger partial charge in [-0.3, -0.25) is 0 Å². The van der Waals surface area contributed by atoms with Crippen LogP contribution in [0.15, 0.2) is 24.3 Å². The van der Waals surface area contributed by atoms with Crippen molar-refractivity contribution in [1.82, 2.24) is 5.32 Å². The van der Waals surface area contributed by atoms with Gasteiger partial charge in [0.05, 0.1) is 0 Å². The fourth-order valence-corrected chi connectivity index (χ4v) is 2.71. The van der Waals surface area contributed by atoms with Crippen LogP contribution in [0.3, 0.4) is 0 Å². The summed E-state index contributed by atoms with van der Waals surface area (Å²) < 4.78 is 25.1. The second kappa shape index (κ2) is 5.35. The molecule has 0 bridgehead atoms. The van der Waals surface area contributed by atoms with Crippen molar-refractivity contribution >= 4 is 0 Å². The summed E-state index contributed by atoms with van der Waals surface area (Å²) in [6, 6.07) is 7.20. The normalized spacial score (nSPS) is 22.6. The Kier molecular flexibility index (Phi) is 4.00. The number of alkyl halides is 2. The topological polar surface area (TPSA) is 12.0 Å². The minimum atomic E-state index is -2.38. The fraction of sp³-hybridized carbons (Fsp3) is 0.600. The van der Waals surface area contributed by atoms with Gasteiger partial charge in [0, 0.05) is 18.2 Å². The maximum absolute atomic E-state index is 12.6. The number of hydrogen-bond donors (Lipinski definition) is 1. The minimum Gasteiger partial charge on any atom is -0.310 e. The van der Waals surface area contributed by atoms with Crippen molar-refractivity contribution in [3.05, 3.63) is 35.4 Å². The predicted molar refractivity (Wildman–Crippen MR) is 69.7 cm³/mol. The lowest BCUT2D eigenvalue weighted by Crippen LogP contribution is -2.26. The smallest absolute Gasteiger partial charge is 0.263 e. The van der Waals surface area contributed by atoms with Gasteiger partial charge in [0.2, 0.25) is 0 Å². The molecule has 0 aromatic heterocycles. The van der Waals surface area contributed by atoms with Crippen LogP contribution < -0.4 is 5.32 Å². The van der Waals surface area contributed by atoms with E-state index in [1.165, 1.54) is 25.3 Å². The van der Waals surface area contributed by atoms with Crippen LogP contribution in [0, 0.1) is 5.41 Å². The van der Waals surface area contributed by atoms with E-state index < -0.39 is 6.43 Å². The lowest BCUT2D eigenvalue weighted by Gasteiger charge is -2.18. The molecule has 18 heavy (non-hydrogen) atoms. The molecule has 1 aliphatic rings. The van der Waals surface area contributed by atoms with Crippen LogP contribution >= 0.6 is 0 Å². The first-order valence-electron chi connectivity index (χ1n) is 6.57. The maximum atomic E-state index is 12.6. The van der Waals surface area contributed by atoms with Gasteiger partial charge >= 0.3 is 0 Å². The third kappa shape index (κ3) is 3.52. The van der Waals surface area contributed by atoms with Gasteiger partial charge in [0.25, 0.3) is 6.43 Å². The zero-order valence-corrected chi connectivity index (χ0v) is 11.0. The van der Waals surface area contributed by atoms with E-state index in [9.17, 15) is 8.78 Å². The lowest BCUT2D eigenvalue weighted by molar-refractivity contribution is 0.151. The molecule has 1 atom stereocenters. The van der Waals surface area contributed by atoms with Crippen molar-refractivity contribution in [2.75, 3.05) is 0 Å². The summed E-state index contributed by atoms with van der Waals surface area (Å²) in [4.78, 5) is 0. The van der Waals surface area contributed by atoms with Gasteiger partial charge in [-0.2, -0.15) is 0 Å². The maximum Gasteiger partial charge on any atom is 0.263 e. The van der Waals surface area contributed by atoms with Crippen molar-refractivity contribution < 1.29 is 8.78 Å². The summed E-state index contributed by atoms with van der Waals surface area (Å²) in [5.41, 5.74) is 1.47. The van der Waals surface area contributed by atoms with Crippen LogP contribution in [-0.4, -0.2) is 6.04 Å². The molecule has 1 unspecified atom stereocenters. The molecule has 1 fully saturated rings. The number of nitrogens with one attached hydrogen (secondary N) is 1. The molecule has 1 nitrogen and oxygen atoms in total. The van der Waals surface area contributed by atoms with Crippen molar-refractivity contribution in [3.63, 3.8) is 0 Å². The second-order valence-electron chi connectivity index (χ2n) is 6.03. The zero-order valence-electron chi connectivity index (χ0n) is 11.0. The van der Waals surface area contributed by atoms with Crippen LogP contribution in [-0.2, 0) is 6.54 Å². The lowest BCUT2D eigenvalue weighted by atomic mass is 9.92. The predicted octanol–water partition coefficient (Wildman–Crippen LogP) is 4.29. The molecule has 0 amide bonds. The Balaban J connectivity index is 1.89. The van der Waals surface area contributed by atoms with E-state index >= 15 is 0 Å². The van der Waals surface area contributed by atoms with E-state index in [1.54, 1.807) is 12.1 Å². The molecule has 1 aliphatic carbocycles. The van der Waals surface area contributed by atoms with Gasteiger partial charge < -0.3 is 5.32 Å². The molecule has 3 heteroatoms. The number of halogens is 2. The van der Waals surface area contributed by atoms with E-state index in [1.807, 2.05) is 6.07 Å². The Morgan fingerprint density at radius 1 is 1.39 bits per heavy atom. The van der Waals surface area contributed by atoms with Crippen molar-refractivity contribution in [2.24, 2.45) is 5.41 Å². The quantitative estimate of drug-likeness (QED) is 0.844. The van der Waals surface area contributed by atoms with Crippen LogP contribution in [0.5, 0.6) is 0 Å². The Morgan fingerprint density at radius 3 is 2.78 bits per heavy atom. The van der Waals surface area contributed by atoms with E-state index in [0.717, 1.165) is 5.56 Å². The highest BCUT2D eigenvalue weighted by Crippen LogP contribution is 2.37. The average molecular weight is 253 g/mol. The van der Waals surface area contributed by atoms with Gasteiger partial charge in [-0.15, -0.1) is 0 Å². The molecule has 1 N–H and O–H groups in total. The number of hydrogen-bond acceptors (Lipinski definition) is 1. The Hall–Kier alpha value is -0.960. The molecule has 0 saturated heterocycles. The van der Waals surface area contributed by atoms with Crippen LogP contribution in [0.1, 0.15) is 50.7 Å². The van der Waals surface area contributed by atoms with Crippen LogP contribution in [0.2, 0.25) is 0 Å². The Morgan fingerprint density at radius 2 is 2.17 bits per heavy atom. The first-order chi connectivity index (χ1) is 8.46. The van der Waals surface area contributed by atoms with E-state index in [4.69, 9.17) is 0 Å². The molecule has 1 aromatic carbocycles. The van der Waals surface area contributed by atoms with Gasteiger partial charge in [0.15, 0.2) is 0 Å². The van der Waals surface area contributed by atoms with E-state index in [0.29, 0.717) is 18.0 Å². The van der Waals surface area contributed by atoms with Gasteiger partial charge in [-0.1, -0.05) is 32.0 Å². The molecule has 100 valence electrons. The Labute approximate surface area is 108 Å². The summed E-state index contributed by atoms with van der Waals surface area (Å²) in [5.74, 6) is 0. The number of rotatable bonds is 4. The fourth-order valence-electron chi connectivity index (χ4n) is 2.71. The first-order valence-corrected chi connectivity index (χ1v) is 6.57. The van der Waals surface area contributed by atoms with E-state index in [2.05, 4.69) is 19.2 Å². The molecule has 0 spiro atoms. The standard InChI is InChI=1S/C15H21F2N/c1-15(2)7-6-13(9-15)18-10-11-4-3-5-12(8-11)14(16)17/h3-5,8,13-14,18H,6-7,9-10H2,1-2H3.